The van der Waals surface area contributed by atoms with Gasteiger partial charge in [0.15, 0.2) is 6.61 Å². The van der Waals surface area contributed by atoms with Crippen LogP contribution in [0, 0.1) is 0 Å². The highest BCUT2D eigenvalue weighted by atomic mass is 35.5. The molecule has 2 N–H and O–H groups in total. The Morgan fingerprint density at radius 1 is 1.07 bits per heavy atom. The Morgan fingerprint density at radius 2 is 1.81 bits per heavy atom. The molecule has 2 aromatic carbocycles. The quantitative estimate of drug-likeness (QED) is 0.609. The third-order valence-electron chi connectivity index (χ3n) is 3.89. The summed E-state index contributed by atoms with van der Waals surface area (Å²) in [4.78, 5) is 16.3. The zero-order valence-electron chi connectivity index (χ0n) is 14.9. The van der Waals surface area contributed by atoms with Crippen LogP contribution < -0.4 is 15.4 Å². The number of halogens is 1. The first kappa shape index (κ1) is 18.7. The van der Waals surface area contributed by atoms with Crippen LogP contribution in [0.3, 0.4) is 0 Å². The van der Waals surface area contributed by atoms with Gasteiger partial charge < -0.3 is 15.4 Å². The van der Waals surface area contributed by atoms with Crippen LogP contribution in [-0.4, -0.2) is 17.5 Å². The maximum Gasteiger partial charge on any atom is 0.262 e. The maximum atomic E-state index is 12.0. The van der Waals surface area contributed by atoms with Gasteiger partial charge in [-0.15, -0.1) is 0 Å². The molecule has 0 bridgehead atoms. The van der Waals surface area contributed by atoms with Crippen molar-refractivity contribution in [1.82, 2.24) is 4.98 Å². The molecule has 138 valence electrons. The summed E-state index contributed by atoms with van der Waals surface area (Å²) in [5.74, 6) is 1.06. The van der Waals surface area contributed by atoms with Crippen LogP contribution >= 0.6 is 11.6 Å². The largest absolute Gasteiger partial charge is 0.484 e. The first-order valence-corrected chi connectivity index (χ1v) is 8.94. The highest BCUT2D eigenvalue weighted by molar-refractivity contribution is 6.30. The summed E-state index contributed by atoms with van der Waals surface area (Å²) in [5, 5.41) is 6.70. The molecule has 1 unspecified atom stereocenters. The normalized spacial score (nSPS) is 11.5. The van der Waals surface area contributed by atoms with Crippen LogP contribution in [-0.2, 0) is 4.79 Å². The van der Waals surface area contributed by atoms with Gasteiger partial charge in [-0.3, -0.25) is 4.79 Å². The average molecular weight is 382 g/mol. The predicted octanol–water partition coefficient (Wildman–Crippen LogP) is 4.93. The zero-order valence-corrected chi connectivity index (χ0v) is 15.6. The summed E-state index contributed by atoms with van der Waals surface area (Å²) >= 11 is 5.81. The van der Waals surface area contributed by atoms with Crippen LogP contribution in [0.2, 0.25) is 5.02 Å². The molecule has 3 rings (SSSR count). The zero-order chi connectivity index (χ0) is 19.1. The minimum Gasteiger partial charge on any atom is -0.484 e. The number of benzene rings is 2. The molecule has 1 heterocycles. The number of aromatic nitrogens is 1. The SMILES string of the molecule is CC(Nc1ccc(NC(=O)COc2ccc(Cl)cc2)cn1)c1ccccc1. The number of hydrogen-bond acceptors (Lipinski definition) is 4. The van der Waals surface area contributed by atoms with E-state index in [-0.39, 0.29) is 18.6 Å². The van der Waals surface area contributed by atoms with Crippen molar-refractivity contribution in [2.75, 3.05) is 17.2 Å². The van der Waals surface area contributed by atoms with Gasteiger partial charge in [-0.2, -0.15) is 0 Å². The average Bonchev–Trinajstić information content (AvgIpc) is 2.70. The lowest BCUT2D eigenvalue weighted by molar-refractivity contribution is -0.118. The molecule has 1 atom stereocenters. The Morgan fingerprint density at radius 3 is 2.48 bits per heavy atom. The summed E-state index contributed by atoms with van der Waals surface area (Å²) in [6, 6.07) is 20.7. The fourth-order valence-corrected chi connectivity index (χ4v) is 2.60. The second-order valence-corrected chi connectivity index (χ2v) is 6.44. The van der Waals surface area contributed by atoms with Crippen molar-refractivity contribution in [3.05, 3.63) is 83.5 Å². The second kappa shape index (κ2) is 9.05. The van der Waals surface area contributed by atoms with Crippen molar-refractivity contribution in [1.29, 1.82) is 0 Å². The minimum absolute atomic E-state index is 0.0906. The molecule has 0 radical (unpaired) electrons. The Hall–Kier alpha value is -3.05. The maximum absolute atomic E-state index is 12.0. The van der Waals surface area contributed by atoms with E-state index in [0.29, 0.717) is 16.5 Å². The van der Waals surface area contributed by atoms with Crippen LogP contribution in [0.5, 0.6) is 5.75 Å². The first-order valence-electron chi connectivity index (χ1n) is 8.56. The monoisotopic (exact) mass is 381 g/mol. The molecule has 1 aromatic heterocycles. The van der Waals surface area contributed by atoms with Gasteiger partial charge >= 0.3 is 0 Å². The molecule has 27 heavy (non-hydrogen) atoms. The number of ether oxygens (including phenoxy) is 1. The molecule has 0 fully saturated rings. The van der Waals surface area contributed by atoms with E-state index in [1.807, 2.05) is 24.3 Å². The third-order valence-corrected chi connectivity index (χ3v) is 4.15. The van der Waals surface area contributed by atoms with Crippen molar-refractivity contribution in [3.8, 4) is 5.75 Å². The summed E-state index contributed by atoms with van der Waals surface area (Å²) in [5.41, 5.74) is 1.79. The predicted molar refractivity (Wildman–Crippen MR) is 108 cm³/mol. The fourth-order valence-electron chi connectivity index (χ4n) is 2.48. The number of carbonyl (C=O) groups is 1. The second-order valence-electron chi connectivity index (χ2n) is 6.00. The molecule has 0 saturated heterocycles. The van der Waals surface area contributed by atoms with Crippen molar-refractivity contribution < 1.29 is 9.53 Å². The van der Waals surface area contributed by atoms with Crippen LogP contribution in [0.25, 0.3) is 0 Å². The topological polar surface area (TPSA) is 63.2 Å². The van der Waals surface area contributed by atoms with Gasteiger partial charge in [0, 0.05) is 11.1 Å². The number of nitrogens with one attached hydrogen (secondary N) is 2. The molecule has 0 aliphatic heterocycles. The lowest BCUT2D eigenvalue weighted by atomic mass is 10.1. The van der Waals surface area contributed by atoms with Gasteiger partial charge in [-0.1, -0.05) is 41.9 Å². The number of nitrogens with zero attached hydrogens (tertiary/aromatic N) is 1. The van der Waals surface area contributed by atoms with Crippen LogP contribution in [0.1, 0.15) is 18.5 Å². The van der Waals surface area contributed by atoms with Gasteiger partial charge in [-0.05, 0) is 48.9 Å². The number of carbonyl (C=O) groups excluding carboxylic acids is 1. The van der Waals surface area contributed by atoms with Gasteiger partial charge in [-0.25, -0.2) is 4.98 Å². The molecule has 6 heteroatoms. The molecular formula is C21H20ClN3O2. The van der Waals surface area contributed by atoms with E-state index in [4.69, 9.17) is 16.3 Å². The number of rotatable bonds is 7. The Kier molecular flexibility index (Phi) is 6.28. The van der Waals surface area contributed by atoms with E-state index in [0.717, 1.165) is 5.82 Å². The number of anilines is 2. The van der Waals surface area contributed by atoms with E-state index in [1.165, 1.54) is 5.56 Å². The van der Waals surface area contributed by atoms with Crippen LogP contribution in [0.4, 0.5) is 11.5 Å². The molecule has 5 nitrogen and oxygen atoms in total. The Bertz CT molecular complexity index is 868. The van der Waals surface area contributed by atoms with Crippen molar-refractivity contribution in [2.45, 2.75) is 13.0 Å². The van der Waals surface area contributed by atoms with E-state index < -0.39 is 0 Å². The minimum atomic E-state index is -0.259. The molecule has 1 amide bonds. The van der Waals surface area contributed by atoms with E-state index in [2.05, 4.69) is 34.7 Å². The molecule has 0 spiro atoms. The third kappa shape index (κ3) is 5.72. The number of hydrogen-bond donors (Lipinski definition) is 2. The summed E-state index contributed by atoms with van der Waals surface area (Å²) in [7, 11) is 0. The van der Waals surface area contributed by atoms with Gasteiger partial charge in [0.2, 0.25) is 0 Å². The van der Waals surface area contributed by atoms with Crippen molar-refractivity contribution in [2.24, 2.45) is 0 Å². The van der Waals surface area contributed by atoms with Gasteiger partial charge in [0.1, 0.15) is 11.6 Å². The van der Waals surface area contributed by atoms with E-state index in [1.54, 1.807) is 36.5 Å². The van der Waals surface area contributed by atoms with Gasteiger partial charge in [0.05, 0.1) is 11.9 Å². The molecule has 0 aliphatic carbocycles. The molecule has 0 aliphatic rings. The lowest BCUT2D eigenvalue weighted by Crippen LogP contribution is -2.20. The first-order chi connectivity index (χ1) is 13.1. The molecule has 0 saturated carbocycles. The molecule has 3 aromatic rings. The fraction of sp³-hybridized carbons (Fsp3) is 0.143. The van der Waals surface area contributed by atoms with Crippen molar-refractivity contribution >= 4 is 29.0 Å². The molecular weight excluding hydrogens is 362 g/mol. The van der Waals surface area contributed by atoms with Crippen molar-refractivity contribution in [3.63, 3.8) is 0 Å². The Labute approximate surface area is 163 Å². The Balaban J connectivity index is 1.49. The smallest absolute Gasteiger partial charge is 0.262 e. The van der Waals surface area contributed by atoms with Crippen LogP contribution in [0.15, 0.2) is 72.9 Å². The highest BCUT2D eigenvalue weighted by Gasteiger charge is 2.07. The van der Waals surface area contributed by atoms with Gasteiger partial charge in [0.25, 0.3) is 5.91 Å². The summed E-state index contributed by atoms with van der Waals surface area (Å²) < 4.78 is 5.42. The summed E-state index contributed by atoms with van der Waals surface area (Å²) in [6.07, 6.45) is 1.61. The standard InChI is InChI=1S/C21H20ClN3O2/c1-15(16-5-3-2-4-6-16)24-20-12-9-18(13-23-20)25-21(26)14-27-19-10-7-17(22)8-11-19/h2-13,15H,14H2,1H3,(H,23,24)(H,25,26). The van der Waals surface area contributed by atoms with E-state index in [9.17, 15) is 4.79 Å². The highest BCUT2D eigenvalue weighted by Crippen LogP contribution is 2.19. The number of pyridine rings is 1. The number of amides is 1. The lowest BCUT2D eigenvalue weighted by Gasteiger charge is -2.15. The summed E-state index contributed by atoms with van der Waals surface area (Å²) in [6.45, 7) is 1.98. The van der Waals surface area contributed by atoms with E-state index >= 15 is 0 Å².